The monoisotopic (exact) mass is 780 g/mol. The first kappa shape index (κ1) is 43.9. The molecular formula is C44H56N6O7. The standard InChI is InChI=1S/C44H56N6O7/c1-28-16-21-33(26-46-28)57-27-37(52)49-38(43(2,3)4)41(54)48-35(24-29-13-9-8-10-14-29)36(51)25-32(47-40(53)39(44(5,6)7)50-42(55)56)23-30-17-19-31(20-18-30)34-15-11-12-22-45-34/h8-22,26,32,35-36,38-39,50-51H,23-25,27H2,1-7H3,(H,47,53)(H,48,54)(H,49,52)(H,55,56)/t32-,35-,36-,38+,39+/m0/s1. The third-order valence-electron chi connectivity index (χ3n) is 9.44. The van der Waals surface area contributed by atoms with E-state index in [9.17, 15) is 29.4 Å². The highest BCUT2D eigenvalue weighted by Gasteiger charge is 2.37. The van der Waals surface area contributed by atoms with E-state index in [0.29, 0.717) is 12.2 Å². The van der Waals surface area contributed by atoms with Crippen LogP contribution in [0.15, 0.2) is 97.3 Å². The Morgan fingerprint density at radius 1 is 0.702 bits per heavy atom. The number of amides is 4. The van der Waals surface area contributed by atoms with E-state index in [1.54, 1.807) is 39.1 Å². The molecule has 0 saturated carbocycles. The first-order valence-electron chi connectivity index (χ1n) is 19.1. The van der Waals surface area contributed by atoms with Crippen LogP contribution in [0.3, 0.4) is 0 Å². The fraction of sp³-hybridized carbons (Fsp3) is 0.409. The number of pyridine rings is 2. The molecule has 304 valence electrons. The second-order valence-corrected chi connectivity index (χ2v) is 16.5. The van der Waals surface area contributed by atoms with Gasteiger partial charge in [-0.1, -0.05) is 102 Å². The number of rotatable bonds is 17. The molecule has 4 rings (SSSR count). The molecule has 0 unspecified atom stereocenters. The predicted octanol–water partition coefficient (Wildman–Crippen LogP) is 5.25. The minimum absolute atomic E-state index is 0.000413. The summed E-state index contributed by atoms with van der Waals surface area (Å²) in [4.78, 5) is 61.3. The van der Waals surface area contributed by atoms with Gasteiger partial charge in [0.2, 0.25) is 11.8 Å². The van der Waals surface area contributed by atoms with Crippen molar-refractivity contribution in [3.63, 3.8) is 0 Å². The van der Waals surface area contributed by atoms with E-state index in [0.717, 1.165) is 28.1 Å². The van der Waals surface area contributed by atoms with Crippen molar-refractivity contribution in [1.29, 1.82) is 0 Å². The third kappa shape index (κ3) is 14.0. The van der Waals surface area contributed by atoms with Crippen LogP contribution in [0.2, 0.25) is 0 Å². The van der Waals surface area contributed by atoms with E-state index in [1.807, 2.05) is 100 Å². The number of aliphatic hydroxyl groups is 1. The Morgan fingerprint density at radius 2 is 1.32 bits per heavy atom. The lowest BCUT2D eigenvalue weighted by molar-refractivity contribution is -0.133. The predicted molar refractivity (Wildman–Crippen MR) is 218 cm³/mol. The van der Waals surface area contributed by atoms with Gasteiger partial charge >= 0.3 is 6.09 Å². The van der Waals surface area contributed by atoms with Crippen LogP contribution in [0.5, 0.6) is 5.75 Å². The summed E-state index contributed by atoms with van der Waals surface area (Å²) in [5.41, 5.74) is 2.71. The van der Waals surface area contributed by atoms with Gasteiger partial charge in [-0.25, -0.2) is 4.79 Å². The normalized spacial score (nSPS) is 14.2. The van der Waals surface area contributed by atoms with Gasteiger partial charge in [-0.2, -0.15) is 0 Å². The Balaban J connectivity index is 1.59. The van der Waals surface area contributed by atoms with Crippen LogP contribution in [0.4, 0.5) is 4.79 Å². The Bertz CT molecular complexity index is 1910. The van der Waals surface area contributed by atoms with E-state index in [4.69, 9.17) is 4.74 Å². The largest absolute Gasteiger partial charge is 0.482 e. The van der Waals surface area contributed by atoms with Crippen LogP contribution in [0, 0.1) is 17.8 Å². The highest BCUT2D eigenvalue weighted by molar-refractivity contribution is 5.89. The summed E-state index contributed by atoms with van der Waals surface area (Å²) in [6, 6.07) is 22.6. The molecule has 2 heterocycles. The van der Waals surface area contributed by atoms with Crippen molar-refractivity contribution in [3.8, 4) is 17.0 Å². The number of aryl methyl sites for hydroxylation is 1. The van der Waals surface area contributed by atoms with Crippen LogP contribution in [-0.2, 0) is 27.2 Å². The summed E-state index contributed by atoms with van der Waals surface area (Å²) in [5.74, 6) is -1.14. The maximum atomic E-state index is 14.1. The second kappa shape index (κ2) is 19.9. The number of benzene rings is 2. The number of nitrogens with zero attached hydrogens (tertiary/aromatic N) is 2. The van der Waals surface area contributed by atoms with Crippen LogP contribution >= 0.6 is 0 Å². The number of hydrogen-bond donors (Lipinski definition) is 6. The Morgan fingerprint density at radius 3 is 1.89 bits per heavy atom. The molecule has 6 N–H and O–H groups in total. The number of hydrogen-bond acceptors (Lipinski definition) is 8. The van der Waals surface area contributed by atoms with Crippen LogP contribution in [0.25, 0.3) is 11.3 Å². The molecule has 0 spiro atoms. The number of carbonyl (C=O) groups is 4. The van der Waals surface area contributed by atoms with Gasteiger partial charge in [0, 0.05) is 23.5 Å². The third-order valence-corrected chi connectivity index (χ3v) is 9.44. The van der Waals surface area contributed by atoms with Crippen molar-refractivity contribution >= 4 is 23.8 Å². The van der Waals surface area contributed by atoms with Crippen molar-refractivity contribution in [2.75, 3.05) is 6.61 Å². The molecule has 0 bridgehead atoms. The molecule has 2 aromatic heterocycles. The molecule has 0 aliphatic rings. The summed E-state index contributed by atoms with van der Waals surface area (Å²) in [5, 5.41) is 32.8. The molecule has 13 heteroatoms. The van der Waals surface area contributed by atoms with E-state index in [1.165, 1.54) is 6.20 Å². The van der Waals surface area contributed by atoms with Gasteiger partial charge < -0.3 is 36.2 Å². The van der Waals surface area contributed by atoms with Crippen molar-refractivity contribution in [2.45, 2.75) is 98.0 Å². The fourth-order valence-corrected chi connectivity index (χ4v) is 6.35. The van der Waals surface area contributed by atoms with Gasteiger partial charge in [0.25, 0.3) is 5.91 Å². The van der Waals surface area contributed by atoms with Gasteiger partial charge in [-0.15, -0.1) is 0 Å². The van der Waals surface area contributed by atoms with Gasteiger partial charge in [0.15, 0.2) is 6.61 Å². The average Bonchev–Trinajstić information content (AvgIpc) is 3.15. The first-order chi connectivity index (χ1) is 26.9. The summed E-state index contributed by atoms with van der Waals surface area (Å²) in [6.45, 7) is 12.3. The molecule has 4 amide bonds. The van der Waals surface area contributed by atoms with Crippen molar-refractivity contribution in [1.82, 2.24) is 31.2 Å². The highest BCUT2D eigenvalue weighted by Crippen LogP contribution is 2.24. The summed E-state index contributed by atoms with van der Waals surface area (Å²) < 4.78 is 5.61. The number of carbonyl (C=O) groups excluding carboxylic acids is 3. The molecule has 57 heavy (non-hydrogen) atoms. The molecule has 0 aliphatic carbocycles. The van der Waals surface area contributed by atoms with E-state index in [2.05, 4.69) is 31.2 Å². The lowest BCUT2D eigenvalue weighted by atomic mass is 9.85. The van der Waals surface area contributed by atoms with Gasteiger partial charge in [0.1, 0.15) is 17.8 Å². The van der Waals surface area contributed by atoms with E-state index < -0.39 is 64.9 Å². The average molecular weight is 781 g/mol. The number of nitrogens with one attached hydrogen (secondary N) is 4. The van der Waals surface area contributed by atoms with Crippen molar-refractivity contribution in [3.05, 3.63) is 114 Å². The zero-order chi connectivity index (χ0) is 41.8. The molecule has 0 fully saturated rings. The van der Waals surface area contributed by atoms with Crippen LogP contribution in [-0.4, -0.2) is 80.9 Å². The topological polar surface area (TPSA) is 192 Å². The lowest BCUT2D eigenvalue weighted by Gasteiger charge is -2.35. The van der Waals surface area contributed by atoms with Gasteiger partial charge in [-0.3, -0.25) is 24.4 Å². The summed E-state index contributed by atoms with van der Waals surface area (Å²) in [7, 11) is 0. The fourth-order valence-electron chi connectivity index (χ4n) is 6.35. The maximum Gasteiger partial charge on any atom is 0.405 e. The Labute approximate surface area is 335 Å². The minimum atomic E-state index is -1.34. The zero-order valence-electron chi connectivity index (χ0n) is 33.8. The molecule has 0 saturated heterocycles. The van der Waals surface area contributed by atoms with E-state index in [-0.39, 0.29) is 19.4 Å². The Kier molecular flexibility index (Phi) is 15.3. The summed E-state index contributed by atoms with van der Waals surface area (Å²) in [6.07, 6.45) is 1.24. The maximum absolute atomic E-state index is 14.1. The van der Waals surface area contributed by atoms with Crippen molar-refractivity contribution in [2.24, 2.45) is 10.8 Å². The number of ether oxygens (including phenoxy) is 1. The highest BCUT2D eigenvalue weighted by atomic mass is 16.5. The number of aliphatic hydroxyl groups excluding tert-OH is 1. The smallest absolute Gasteiger partial charge is 0.405 e. The summed E-state index contributed by atoms with van der Waals surface area (Å²) >= 11 is 0. The van der Waals surface area contributed by atoms with Crippen LogP contribution < -0.4 is 26.0 Å². The van der Waals surface area contributed by atoms with Gasteiger partial charge in [0.05, 0.1) is 24.0 Å². The van der Waals surface area contributed by atoms with E-state index >= 15 is 0 Å². The lowest BCUT2D eigenvalue weighted by Crippen LogP contribution is -2.59. The van der Waals surface area contributed by atoms with Gasteiger partial charge in [-0.05, 0) is 72.4 Å². The molecule has 0 aliphatic heterocycles. The number of aromatic nitrogens is 2. The quantitative estimate of drug-likeness (QED) is 0.0831. The molecule has 2 aromatic carbocycles. The first-order valence-corrected chi connectivity index (χ1v) is 19.1. The molecule has 5 atom stereocenters. The Hall–Kier alpha value is -5.82. The van der Waals surface area contributed by atoms with Crippen LogP contribution in [0.1, 0.15) is 64.8 Å². The molecule has 13 nitrogen and oxygen atoms in total. The molecular weight excluding hydrogens is 725 g/mol. The minimum Gasteiger partial charge on any atom is -0.482 e. The zero-order valence-corrected chi connectivity index (χ0v) is 33.8. The SMILES string of the molecule is Cc1ccc(OCC(=O)N[C@H](C(=O)N[C@@H](Cc2ccccc2)[C@@H](O)C[C@H](Cc2ccc(-c3ccccn3)cc2)NC(=O)[C@@H](NC(=O)O)C(C)(C)C)C(C)(C)C)cn1. The van der Waals surface area contributed by atoms with Crippen molar-refractivity contribution < 1.29 is 34.1 Å². The molecule has 4 aromatic rings. The number of carboxylic acid groups (broad SMARTS) is 1. The molecule has 0 radical (unpaired) electrons. The second-order valence-electron chi connectivity index (χ2n) is 16.5.